The van der Waals surface area contributed by atoms with Crippen LogP contribution in [0, 0.1) is 17.2 Å². The summed E-state index contributed by atoms with van der Waals surface area (Å²) in [6.07, 6.45) is 5.02. The summed E-state index contributed by atoms with van der Waals surface area (Å²) in [4.78, 5) is 11.8. The molecule has 0 spiro atoms. The van der Waals surface area contributed by atoms with Gasteiger partial charge in [0, 0.05) is 6.54 Å². The minimum atomic E-state index is -0.458. The van der Waals surface area contributed by atoms with Crippen LogP contribution in [0.4, 0.5) is 0 Å². The van der Waals surface area contributed by atoms with Crippen LogP contribution in [0.3, 0.4) is 0 Å². The summed E-state index contributed by atoms with van der Waals surface area (Å²) in [6, 6.07) is 1.98. The Balaban J connectivity index is 2.22. The van der Waals surface area contributed by atoms with E-state index >= 15 is 0 Å². The topological polar surface area (TPSA) is 67.9 Å². The molecule has 0 aromatic carbocycles. The molecule has 0 N–H and O–H groups in total. The van der Waals surface area contributed by atoms with E-state index in [-0.39, 0.29) is 0 Å². The summed E-state index contributed by atoms with van der Waals surface area (Å²) in [5, 5.41) is 13.0. The predicted molar refractivity (Wildman–Crippen MR) is 60.2 cm³/mol. The van der Waals surface area contributed by atoms with Crippen molar-refractivity contribution in [2.24, 2.45) is 5.92 Å². The van der Waals surface area contributed by atoms with E-state index in [0.717, 1.165) is 0 Å². The van der Waals surface area contributed by atoms with Crippen molar-refractivity contribution in [1.82, 2.24) is 9.78 Å². The Morgan fingerprint density at radius 3 is 3.00 bits per heavy atom. The molecule has 0 atom stereocenters. The maximum absolute atomic E-state index is 11.8. The fourth-order valence-electron chi connectivity index (χ4n) is 1.94. The first kappa shape index (κ1) is 11.6. The largest absolute Gasteiger partial charge is 0.461 e. The first-order valence-corrected chi connectivity index (χ1v) is 5.89. The van der Waals surface area contributed by atoms with E-state index in [1.807, 2.05) is 6.07 Å². The molecule has 1 aromatic heterocycles. The van der Waals surface area contributed by atoms with Gasteiger partial charge in [-0.25, -0.2) is 4.79 Å². The predicted octanol–water partition coefficient (Wildman–Crippen LogP) is 1.73. The van der Waals surface area contributed by atoms with Crippen molar-refractivity contribution in [3.63, 3.8) is 0 Å². The summed E-state index contributed by atoms with van der Waals surface area (Å²) in [5.41, 5.74) is 0.587. The van der Waals surface area contributed by atoms with Gasteiger partial charge in [-0.15, -0.1) is 0 Å². The first-order chi connectivity index (χ1) is 8.26. The van der Waals surface area contributed by atoms with E-state index in [1.54, 1.807) is 11.6 Å². The van der Waals surface area contributed by atoms with Gasteiger partial charge < -0.3 is 4.74 Å². The molecule has 0 amide bonds. The van der Waals surface area contributed by atoms with Crippen molar-refractivity contribution in [3.05, 3.63) is 17.5 Å². The van der Waals surface area contributed by atoms with Gasteiger partial charge >= 0.3 is 5.97 Å². The number of aromatic nitrogens is 2. The molecular weight excluding hydrogens is 218 g/mol. The zero-order chi connectivity index (χ0) is 12.3. The van der Waals surface area contributed by atoms with Crippen LogP contribution in [-0.4, -0.2) is 22.4 Å². The lowest BCUT2D eigenvalue weighted by Crippen LogP contribution is -2.22. The molecular formula is C12H15N3O2. The summed E-state index contributed by atoms with van der Waals surface area (Å²) < 4.78 is 6.56. The van der Waals surface area contributed by atoms with E-state index < -0.39 is 5.97 Å². The molecule has 0 bridgehead atoms. The molecule has 1 saturated carbocycles. The van der Waals surface area contributed by atoms with Gasteiger partial charge in [0.15, 0.2) is 5.69 Å². The average Bonchev–Trinajstić information content (AvgIpc) is 2.66. The number of nitrogens with zero attached hydrogens (tertiary/aromatic N) is 3. The van der Waals surface area contributed by atoms with Crippen molar-refractivity contribution < 1.29 is 9.53 Å². The van der Waals surface area contributed by atoms with Gasteiger partial charge in [-0.3, -0.25) is 4.68 Å². The lowest BCUT2D eigenvalue weighted by atomic mass is 9.85. The van der Waals surface area contributed by atoms with Gasteiger partial charge in [-0.1, -0.05) is 6.42 Å². The summed E-state index contributed by atoms with van der Waals surface area (Å²) in [7, 11) is 0. The van der Waals surface area contributed by atoms with Crippen LogP contribution in [0.1, 0.15) is 42.2 Å². The number of esters is 1. The molecule has 0 radical (unpaired) electrons. The molecule has 0 aliphatic heterocycles. The van der Waals surface area contributed by atoms with E-state index in [1.165, 1.54) is 25.5 Å². The molecule has 0 saturated heterocycles. The van der Waals surface area contributed by atoms with Crippen molar-refractivity contribution in [3.8, 4) is 6.07 Å². The third kappa shape index (κ3) is 2.31. The highest BCUT2D eigenvalue weighted by Crippen LogP contribution is 2.28. The highest BCUT2D eigenvalue weighted by molar-refractivity contribution is 5.90. The number of carbonyl (C=O) groups is 1. The van der Waals surface area contributed by atoms with E-state index in [2.05, 4.69) is 5.10 Å². The Bertz CT molecular complexity index is 455. The molecule has 2 rings (SSSR count). The number of rotatable bonds is 4. The molecule has 90 valence electrons. The lowest BCUT2D eigenvalue weighted by Gasteiger charge is -2.25. The van der Waals surface area contributed by atoms with Gasteiger partial charge in [0.2, 0.25) is 0 Å². The van der Waals surface area contributed by atoms with Crippen molar-refractivity contribution >= 4 is 5.97 Å². The van der Waals surface area contributed by atoms with Gasteiger partial charge in [-0.05, 0) is 25.7 Å². The quantitative estimate of drug-likeness (QED) is 0.743. The second kappa shape index (κ2) is 5.00. The minimum Gasteiger partial charge on any atom is -0.461 e. The monoisotopic (exact) mass is 233 g/mol. The molecule has 1 aliphatic carbocycles. The number of hydrogen-bond donors (Lipinski definition) is 0. The number of carbonyl (C=O) groups excluding carboxylic acids is 1. The van der Waals surface area contributed by atoms with Gasteiger partial charge in [0.25, 0.3) is 0 Å². The Morgan fingerprint density at radius 2 is 2.47 bits per heavy atom. The van der Waals surface area contributed by atoms with Crippen molar-refractivity contribution in [1.29, 1.82) is 5.26 Å². The van der Waals surface area contributed by atoms with E-state index in [4.69, 9.17) is 10.00 Å². The fourth-order valence-corrected chi connectivity index (χ4v) is 1.94. The third-order valence-electron chi connectivity index (χ3n) is 3.08. The summed E-state index contributed by atoms with van der Waals surface area (Å²) >= 11 is 0. The normalized spacial score (nSPS) is 15.1. The zero-order valence-electron chi connectivity index (χ0n) is 9.85. The summed E-state index contributed by atoms with van der Waals surface area (Å²) in [6.45, 7) is 2.75. The molecule has 5 nitrogen and oxygen atoms in total. The zero-order valence-corrected chi connectivity index (χ0v) is 9.85. The highest BCUT2D eigenvalue weighted by atomic mass is 16.5. The van der Waals surface area contributed by atoms with Crippen LogP contribution < -0.4 is 0 Å². The molecule has 1 fully saturated rings. The molecule has 5 heteroatoms. The minimum absolute atomic E-state index is 0.293. The van der Waals surface area contributed by atoms with E-state index in [9.17, 15) is 4.79 Å². The van der Waals surface area contributed by atoms with Crippen LogP contribution in [0.15, 0.2) is 6.20 Å². The van der Waals surface area contributed by atoms with Crippen LogP contribution in [0.2, 0.25) is 0 Å². The smallest absolute Gasteiger partial charge is 0.357 e. The molecule has 1 aromatic rings. The maximum Gasteiger partial charge on any atom is 0.357 e. The van der Waals surface area contributed by atoms with Crippen molar-refractivity contribution in [2.75, 3.05) is 6.61 Å². The molecule has 1 heterocycles. The van der Waals surface area contributed by atoms with Crippen LogP contribution in [-0.2, 0) is 11.3 Å². The second-order valence-corrected chi connectivity index (χ2v) is 4.22. The van der Waals surface area contributed by atoms with Gasteiger partial charge in [0.05, 0.1) is 12.8 Å². The van der Waals surface area contributed by atoms with Crippen LogP contribution in [0.5, 0.6) is 0 Å². The Hall–Kier alpha value is -1.83. The third-order valence-corrected chi connectivity index (χ3v) is 3.08. The molecule has 17 heavy (non-hydrogen) atoms. The Kier molecular flexibility index (Phi) is 3.43. The summed E-state index contributed by atoms with van der Waals surface area (Å²) in [5.74, 6) is 0.121. The molecule has 1 aliphatic rings. The van der Waals surface area contributed by atoms with Gasteiger partial charge in [0.1, 0.15) is 11.6 Å². The standard InChI is InChI=1S/C12H15N3O2/c1-2-17-12(16)11-10(6-13)7-14-15(11)8-9-4-3-5-9/h7,9H,2-5,8H2,1H3. The Morgan fingerprint density at radius 1 is 1.71 bits per heavy atom. The first-order valence-electron chi connectivity index (χ1n) is 5.89. The number of ether oxygens (including phenoxy) is 1. The van der Waals surface area contributed by atoms with Gasteiger partial charge in [-0.2, -0.15) is 10.4 Å². The lowest BCUT2D eigenvalue weighted by molar-refractivity contribution is 0.0508. The molecule has 0 unspecified atom stereocenters. The number of nitriles is 1. The van der Waals surface area contributed by atoms with Crippen LogP contribution in [0.25, 0.3) is 0 Å². The Labute approximate surface area is 100.0 Å². The SMILES string of the molecule is CCOC(=O)c1c(C#N)cnn1CC1CCC1. The maximum atomic E-state index is 11.8. The van der Waals surface area contributed by atoms with Crippen molar-refractivity contribution in [2.45, 2.75) is 32.7 Å². The van der Waals surface area contributed by atoms with E-state index in [0.29, 0.717) is 30.3 Å². The highest BCUT2D eigenvalue weighted by Gasteiger charge is 2.24. The fraction of sp³-hybridized carbons (Fsp3) is 0.583. The number of hydrogen-bond acceptors (Lipinski definition) is 4. The second-order valence-electron chi connectivity index (χ2n) is 4.22. The average molecular weight is 233 g/mol. The van der Waals surface area contributed by atoms with Crippen LogP contribution >= 0.6 is 0 Å².